The van der Waals surface area contributed by atoms with Gasteiger partial charge in [0.05, 0.1) is 22.8 Å². The lowest BCUT2D eigenvalue weighted by Gasteiger charge is -2.20. The Hall–Kier alpha value is -2.47. The van der Waals surface area contributed by atoms with Gasteiger partial charge in [-0.1, -0.05) is 13.0 Å². The van der Waals surface area contributed by atoms with Gasteiger partial charge in [-0.25, -0.2) is 9.20 Å². The first-order chi connectivity index (χ1) is 11.3. The number of hydrogen-bond donors (Lipinski definition) is 1. The number of hydrogen-bond acceptors (Lipinski definition) is 4. The highest BCUT2D eigenvalue weighted by Gasteiger charge is 2.30. The Kier molecular flexibility index (Phi) is 4.01. The minimum absolute atomic E-state index is 0.0468. The highest BCUT2D eigenvalue weighted by Crippen LogP contribution is 2.35. The number of aliphatic hydroxyl groups is 1. The minimum atomic E-state index is -1.08. The van der Waals surface area contributed by atoms with Crippen LogP contribution in [0.2, 0.25) is 0 Å². The molecule has 126 valence electrons. The first kappa shape index (κ1) is 16.4. The van der Waals surface area contributed by atoms with E-state index < -0.39 is 5.60 Å². The fraction of sp³-hybridized carbons (Fsp3) is 0.389. The van der Waals surface area contributed by atoms with Gasteiger partial charge in [-0.05, 0) is 45.4 Å². The van der Waals surface area contributed by atoms with Crippen LogP contribution in [-0.4, -0.2) is 24.5 Å². The van der Waals surface area contributed by atoms with Crippen molar-refractivity contribution in [1.29, 1.82) is 0 Å². The van der Waals surface area contributed by atoms with Crippen molar-refractivity contribution in [3.63, 3.8) is 0 Å². The number of aromatic nitrogens is 4. The molecule has 0 fully saturated rings. The molecule has 0 aliphatic rings. The summed E-state index contributed by atoms with van der Waals surface area (Å²) in [6.07, 6.45) is 2.36. The molecule has 3 rings (SSSR count). The average molecular weight is 326 g/mol. The van der Waals surface area contributed by atoms with Crippen LogP contribution in [0.15, 0.2) is 41.3 Å². The van der Waals surface area contributed by atoms with Gasteiger partial charge in [0.25, 0.3) is 5.56 Å². The van der Waals surface area contributed by atoms with Crippen molar-refractivity contribution < 1.29 is 5.11 Å². The van der Waals surface area contributed by atoms with E-state index in [4.69, 9.17) is 0 Å². The Labute approximate surface area is 140 Å². The molecule has 6 heteroatoms. The molecule has 0 spiro atoms. The largest absolute Gasteiger partial charge is 0.384 e. The zero-order chi connectivity index (χ0) is 17.5. The Morgan fingerprint density at radius 2 is 1.96 bits per heavy atom. The lowest BCUT2D eigenvalue weighted by Crippen LogP contribution is -2.25. The van der Waals surface area contributed by atoms with E-state index >= 15 is 0 Å². The molecule has 1 atom stereocenters. The van der Waals surface area contributed by atoms with Gasteiger partial charge in [0.1, 0.15) is 11.3 Å². The van der Waals surface area contributed by atoms with Crippen LogP contribution < -0.4 is 5.56 Å². The molecule has 6 nitrogen and oxygen atoms in total. The fourth-order valence-corrected chi connectivity index (χ4v) is 2.72. The summed E-state index contributed by atoms with van der Waals surface area (Å²) in [6, 6.07) is 8.90. The highest BCUT2D eigenvalue weighted by atomic mass is 16.3. The Balaban J connectivity index is 2.35. The van der Waals surface area contributed by atoms with Crippen LogP contribution >= 0.6 is 0 Å². The summed E-state index contributed by atoms with van der Waals surface area (Å²) < 4.78 is 3.19. The predicted octanol–water partition coefficient (Wildman–Crippen LogP) is 2.76. The normalized spacial score (nSPS) is 14.2. The van der Waals surface area contributed by atoms with Crippen molar-refractivity contribution in [2.24, 2.45) is 0 Å². The third-order valence-corrected chi connectivity index (χ3v) is 4.31. The van der Waals surface area contributed by atoms with E-state index in [1.165, 1.54) is 10.7 Å². The van der Waals surface area contributed by atoms with Gasteiger partial charge in [0.15, 0.2) is 0 Å². The number of fused-ring (bicyclic) bond motifs is 1. The molecule has 0 saturated carbocycles. The number of nitrogens with zero attached hydrogens (tertiary/aromatic N) is 4. The summed E-state index contributed by atoms with van der Waals surface area (Å²) in [6.45, 7) is 7.49. The molecular weight excluding hydrogens is 304 g/mol. The number of rotatable bonds is 4. The van der Waals surface area contributed by atoms with E-state index in [9.17, 15) is 9.90 Å². The maximum Gasteiger partial charge on any atom is 0.267 e. The SMILES string of the molecule is CCC(C)(O)c1nn2ccccc2c1-c1ccc(=O)n(C(C)C)n1. The van der Waals surface area contributed by atoms with Crippen molar-refractivity contribution in [2.75, 3.05) is 0 Å². The van der Waals surface area contributed by atoms with Gasteiger partial charge >= 0.3 is 0 Å². The Morgan fingerprint density at radius 3 is 2.62 bits per heavy atom. The summed E-state index contributed by atoms with van der Waals surface area (Å²) in [5.41, 5.74) is 1.58. The van der Waals surface area contributed by atoms with Crippen LogP contribution in [-0.2, 0) is 5.60 Å². The fourth-order valence-electron chi connectivity index (χ4n) is 2.72. The third-order valence-electron chi connectivity index (χ3n) is 4.31. The summed E-state index contributed by atoms with van der Waals surface area (Å²) in [5.74, 6) is 0. The van der Waals surface area contributed by atoms with E-state index in [0.717, 1.165) is 11.1 Å². The van der Waals surface area contributed by atoms with E-state index in [2.05, 4.69) is 10.2 Å². The molecule has 3 aromatic heterocycles. The summed E-state index contributed by atoms with van der Waals surface area (Å²) >= 11 is 0. The zero-order valence-corrected chi connectivity index (χ0v) is 14.4. The first-order valence-corrected chi connectivity index (χ1v) is 8.15. The molecule has 3 aromatic rings. The van der Waals surface area contributed by atoms with Gasteiger partial charge in [-0.2, -0.15) is 10.2 Å². The molecule has 24 heavy (non-hydrogen) atoms. The average Bonchev–Trinajstić information content (AvgIpc) is 2.95. The molecule has 1 unspecified atom stereocenters. The molecular formula is C18H22N4O2. The van der Waals surface area contributed by atoms with Gasteiger partial charge in [-0.3, -0.25) is 4.79 Å². The van der Waals surface area contributed by atoms with Gasteiger partial charge in [-0.15, -0.1) is 0 Å². The molecule has 0 radical (unpaired) electrons. The van der Waals surface area contributed by atoms with Crippen molar-refractivity contribution in [2.45, 2.75) is 45.8 Å². The van der Waals surface area contributed by atoms with Crippen LogP contribution in [0, 0.1) is 0 Å². The first-order valence-electron chi connectivity index (χ1n) is 8.15. The second-order valence-corrected chi connectivity index (χ2v) is 6.48. The van der Waals surface area contributed by atoms with Crippen LogP contribution in [0.5, 0.6) is 0 Å². The molecule has 1 N–H and O–H groups in total. The summed E-state index contributed by atoms with van der Waals surface area (Å²) in [4.78, 5) is 12.0. The smallest absolute Gasteiger partial charge is 0.267 e. The maximum atomic E-state index is 12.0. The van der Waals surface area contributed by atoms with Crippen LogP contribution in [0.4, 0.5) is 0 Å². The van der Waals surface area contributed by atoms with E-state index in [1.54, 1.807) is 17.5 Å². The lowest BCUT2D eigenvalue weighted by molar-refractivity contribution is 0.0488. The maximum absolute atomic E-state index is 12.0. The van der Waals surface area contributed by atoms with Crippen molar-refractivity contribution in [1.82, 2.24) is 19.4 Å². The van der Waals surface area contributed by atoms with E-state index in [1.807, 2.05) is 45.2 Å². The second-order valence-electron chi connectivity index (χ2n) is 6.48. The molecule has 0 amide bonds. The van der Waals surface area contributed by atoms with Crippen LogP contribution in [0.1, 0.15) is 45.9 Å². The molecule has 0 aliphatic carbocycles. The van der Waals surface area contributed by atoms with Gasteiger partial charge in [0, 0.05) is 12.3 Å². The van der Waals surface area contributed by atoms with E-state index in [0.29, 0.717) is 17.8 Å². The molecule has 0 aliphatic heterocycles. The predicted molar refractivity (Wildman–Crippen MR) is 92.9 cm³/mol. The molecule has 0 aromatic carbocycles. The number of pyridine rings is 1. The highest BCUT2D eigenvalue weighted by molar-refractivity contribution is 5.81. The third kappa shape index (κ3) is 2.63. The summed E-state index contributed by atoms with van der Waals surface area (Å²) in [7, 11) is 0. The zero-order valence-electron chi connectivity index (χ0n) is 14.4. The summed E-state index contributed by atoms with van der Waals surface area (Å²) in [5, 5.41) is 19.9. The molecule has 0 bridgehead atoms. The van der Waals surface area contributed by atoms with Crippen molar-refractivity contribution in [3.8, 4) is 11.3 Å². The van der Waals surface area contributed by atoms with Crippen molar-refractivity contribution >= 4 is 5.52 Å². The monoisotopic (exact) mass is 326 g/mol. The van der Waals surface area contributed by atoms with Gasteiger partial charge in [0.2, 0.25) is 0 Å². The topological polar surface area (TPSA) is 72.4 Å². The minimum Gasteiger partial charge on any atom is -0.384 e. The molecule has 0 saturated heterocycles. The Morgan fingerprint density at radius 1 is 1.21 bits per heavy atom. The second kappa shape index (κ2) is 5.87. The standard InChI is InChI=1S/C18H22N4O2/c1-5-18(4,24)17-16(14-8-6-7-11-21(14)20-17)13-9-10-15(23)22(19-13)12(2)3/h6-12,24H,5H2,1-4H3. The lowest BCUT2D eigenvalue weighted by atomic mass is 9.94. The van der Waals surface area contributed by atoms with Crippen molar-refractivity contribution in [3.05, 3.63) is 52.6 Å². The van der Waals surface area contributed by atoms with Crippen LogP contribution in [0.25, 0.3) is 16.8 Å². The Bertz CT molecular complexity index is 938. The van der Waals surface area contributed by atoms with E-state index in [-0.39, 0.29) is 11.6 Å². The van der Waals surface area contributed by atoms with Crippen LogP contribution in [0.3, 0.4) is 0 Å². The molecule has 3 heterocycles. The quantitative estimate of drug-likeness (QED) is 0.800. The van der Waals surface area contributed by atoms with Gasteiger partial charge < -0.3 is 5.11 Å².